The van der Waals surface area contributed by atoms with E-state index < -0.39 is 35.8 Å². The van der Waals surface area contributed by atoms with Crippen molar-refractivity contribution >= 4 is 23.7 Å². The molecule has 1 aliphatic heterocycles. The largest absolute Gasteiger partial charge is 0.467 e. The maximum absolute atomic E-state index is 12.9. The van der Waals surface area contributed by atoms with Crippen LogP contribution in [0.25, 0.3) is 0 Å². The number of fused-ring (bicyclic) bond motifs is 1. The van der Waals surface area contributed by atoms with E-state index in [-0.39, 0.29) is 23.0 Å². The molecule has 26 heavy (non-hydrogen) atoms. The second-order valence-corrected chi connectivity index (χ2v) is 6.97. The van der Waals surface area contributed by atoms with Crippen molar-refractivity contribution in [1.82, 2.24) is 10.2 Å². The summed E-state index contributed by atoms with van der Waals surface area (Å²) >= 11 is 0. The molecule has 0 saturated carbocycles. The van der Waals surface area contributed by atoms with E-state index in [0.29, 0.717) is 0 Å². The number of rotatable bonds is 6. The van der Waals surface area contributed by atoms with Crippen LogP contribution >= 0.6 is 0 Å². The summed E-state index contributed by atoms with van der Waals surface area (Å²) in [5.74, 6) is -2.67. The number of benzene rings is 1. The Balaban J connectivity index is 2.32. The predicted molar refractivity (Wildman–Crippen MR) is 94.4 cm³/mol. The molecule has 140 valence electrons. The molecule has 0 radical (unpaired) electrons. The maximum atomic E-state index is 12.9. The van der Waals surface area contributed by atoms with Gasteiger partial charge in [0, 0.05) is 0 Å². The van der Waals surface area contributed by atoms with Crippen LogP contribution in [0.1, 0.15) is 48.4 Å². The van der Waals surface area contributed by atoms with Crippen LogP contribution in [0.5, 0.6) is 0 Å². The fourth-order valence-electron chi connectivity index (χ4n) is 3.04. The summed E-state index contributed by atoms with van der Waals surface area (Å²) in [4.78, 5) is 51.2. The van der Waals surface area contributed by atoms with Gasteiger partial charge in [-0.15, -0.1) is 0 Å². The molecule has 0 saturated heterocycles. The van der Waals surface area contributed by atoms with Gasteiger partial charge >= 0.3 is 5.97 Å². The minimum absolute atomic E-state index is 0.207. The van der Waals surface area contributed by atoms with Gasteiger partial charge in [-0.05, 0) is 24.0 Å². The smallest absolute Gasteiger partial charge is 0.328 e. The normalized spacial score (nSPS) is 15.9. The zero-order valence-corrected chi connectivity index (χ0v) is 15.6. The molecule has 0 aliphatic carbocycles. The first kappa shape index (κ1) is 19.6. The first-order valence-electron chi connectivity index (χ1n) is 8.55. The van der Waals surface area contributed by atoms with Gasteiger partial charge in [-0.25, -0.2) is 4.79 Å². The van der Waals surface area contributed by atoms with E-state index in [4.69, 9.17) is 4.74 Å². The Morgan fingerprint density at radius 2 is 1.46 bits per heavy atom. The number of nitrogens with zero attached hydrogens (tertiary/aromatic N) is 1. The van der Waals surface area contributed by atoms with Crippen LogP contribution in [0, 0.1) is 11.8 Å². The van der Waals surface area contributed by atoms with Crippen LogP contribution in [-0.2, 0) is 14.3 Å². The minimum Gasteiger partial charge on any atom is -0.467 e. The SMILES string of the molecule is COC(=O)C(NC(=O)C(C(C)C)N1C(=O)c2ccccc2C1=O)C(C)C. The van der Waals surface area contributed by atoms with Gasteiger partial charge in [0.1, 0.15) is 12.1 Å². The van der Waals surface area contributed by atoms with Gasteiger partial charge < -0.3 is 10.1 Å². The molecule has 1 aromatic carbocycles. The quantitative estimate of drug-likeness (QED) is 0.615. The third-order valence-corrected chi connectivity index (χ3v) is 4.42. The number of ether oxygens (including phenoxy) is 1. The number of nitrogens with one attached hydrogen (secondary N) is 1. The van der Waals surface area contributed by atoms with Gasteiger partial charge in [0.15, 0.2) is 0 Å². The van der Waals surface area contributed by atoms with E-state index in [1.807, 2.05) is 0 Å². The Morgan fingerprint density at radius 1 is 0.962 bits per heavy atom. The summed E-state index contributed by atoms with van der Waals surface area (Å²) in [7, 11) is 1.24. The molecule has 7 nitrogen and oxygen atoms in total. The van der Waals surface area contributed by atoms with E-state index >= 15 is 0 Å². The lowest BCUT2D eigenvalue weighted by atomic mass is 9.99. The van der Waals surface area contributed by atoms with Crippen LogP contribution in [0.3, 0.4) is 0 Å². The summed E-state index contributed by atoms with van der Waals surface area (Å²) in [6.45, 7) is 7.04. The topological polar surface area (TPSA) is 92.8 Å². The number of hydrogen-bond donors (Lipinski definition) is 1. The van der Waals surface area contributed by atoms with Crippen molar-refractivity contribution in [3.8, 4) is 0 Å². The first-order valence-corrected chi connectivity index (χ1v) is 8.55. The van der Waals surface area contributed by atoms with Gasteiger partial charge in [-0.3, -0.25) is 19.3 Å². The molecule has 2 rings (SSSR count). The highest BCUT2D eigenvalue weighted by Gasteiger charge is 2.44. The summed E-state index contributed by atoms with van der Waals surface area (Å²) in [5, 5.41) is 2.63. The summed E-state index contributed by atoms with van der Waals surface area (Å²) in [6.07, 6.45) is 0. The molecule has 0 aromatic heterocycles. The number of imide groups is 1. The van der Waals surface area contributed by atoms with Crippen molar-refractivity contribution in [2.75, 3.05) is 7.11 Å². The Labute approximate surface area is 152 Å². The van der Waals surface area contributed by atoms with Crippen molar-refractivity contribution in [1.29, 1.82) is 0 Å². The molecule has 1 aromatic rings. The zero-order valence-electron chi connectivity index (χ0n) is 15.6. The molecule has 0 fully saturated rings. The van der Waals surface area contributed by atoms with Crippen LogP contribution in [0.2, 0.25) is 0 Å². The number of esters is 1. The molecule has 1 heterocycles. The Bertz CT molecular complexity index is 706. The maximum Gasteiger partial charge on any atom is 0.328 e. The monoisotopic (exact) mass is 360 g/mol. The lowest BCUT2D eigenvalue weighted by Gasteiger charge is -2.30. The standard InChI is InChI=1S/C19H24N2O5/c1-10(2)14(19(25)26-5)20-16(22)15(11(3)4)21-17(23)12-8-6-7-9-13(12)18(21)24/h6-11,14-15H,1-5H3,(H,20,22). The highest BCUT2D eigenvalue weighted by molar-refractivity contribution is 6.22. The highest BCUT2D eigenvalue weighted by atomic mass is 16.5. The molecule has 3 amide bonds. The third kappa shape index (κ3) is 3.47. The average Bonchev–Trinajstić information content (AvgIpc) is 2.84. The fourth-order valence-corrected chi connectivity index (χ4v) is 3.04. The summed E-state index contributed by atoms with van der Waals surface area (Å²) in [5.41, 5.74) is 0.564. The predicted octanol–water partition coefficient (Wildman–Crippen LogP) is 1.62. The molecule has 1 aliphatic rings. The molecule has 0 bridgehead atoms. The molecular formula is C19H24N2O5. The Hall–Kier alpha value is -2.70. The number of carbonyl (C=O) groups is 4. The van der Waals surface area contributed by atoms with Gasteiger partial charge in [-0.1, -0.05) is 39.8 Å². The molecule has 2 atom stereocenters. The van der Waals surface area contributed by atoms with Crippen LogP contribution in [0.15, 0.2) is 24.3 Å². The molecule has 1 N–H and O–H groups in total. The lowest BCUT2D eigenvalue weighted by Crippen LogP contribution is -2.56. The lowest BCUT2D eigenvalue weighted by molar-refractivity contribution is -0.147. The van der Waals surface area contributed by atoms with E-state index in [9.17, 15) is 19.2 Å². The Morgan fingerprint density at radius 3 is 1.85 bits per heavy atom. The van der Waals surface area contributed by atoms with Crippen molar-refractivity contribution in [2.45, 2.75) is 39.8 Å². The average molecular weight is 360 g/mol. The van der Waals surface area contributed by atoms with E-state index in [0.717, 1.165) is 4.90 Å². The summed E-state index contributed by atoms with van der Waals surface area (Å²) in [6, 6.07) is 4.60. The van der Waals surface area contributed by atoms with Crippen molar-refractivity contribution in [3.63, 3.8) is 0 Å². The number of carbonyl (C=O) groups excluding carboxylic acids is 4. The third-order valence-electron chi connectivity index (χ3n) is 4.42. The van der Waals surface area contributed by atoms with E-state index in [1.165, 1.54) is 7.11 Å². The van der Waals surface area contributed by atoms with Gasteiger partial charge in [0.25, 0.3) is 11.8 Å². The molecule has 7 heteroatoms. The van der Waals surface area contributed by atoms with Gasteiger partial charge in [0.05, 0.1) is 18.2 Å². The number of amides is 3. The number of methoxy groups -OCH3 is 1. The van der Waals surface area contributed by atoms with Gasteiger partial charge in [-0.2, -0.15) is 0 Å². The molecule has 2 unspecified atom stereocenters. The first-order chi connectivity index (χ1) is 12.2. The van der Waals surface area contributed by atoms with Crippen molar-refractivity contribution in [2.24, 2.45) is 11.8 Å². The zero-order chi connectivity index (χ0) is 19.6. The van der Waals surface area contributed by atoms with Gasteiger partial charge in [0.2, 0.25) is 5.91 Å². The second kappa shape index (κ2) is 7.68. The molecular weight excluding hydrogens is 336 g/mol. The van der Waals surface area contributed by atoms with Crippen LogP contribution in [0.4, 0.5) is 0 Å². The highest BCUT2D eigenvalue weighted by Crippen LogP contribution is 2.27. The molecule has 0 spiro atoms. The summed E-state index contributed by atoms with van der Waals surface area (Å²) < 4.78 is 4.73. The van der Waals surface area contributed by atoms with Crippen molar-refractivity contribution in [3.05, 3.63) is 35.4 Å². The number of hydrogen-bond acceptors (Lipinski definition) is 5. The minimum atomic E-state index is -1.02. The van der Waals surface area contributed by atoms with Crippen LogP contribution < -0.4 is 5.32 Å². The van der Waals surface area contributed by atoms with E-state index in [1.54, 1.807) is 52.0 Å². The van der Waals surface area contributed by atoms with Crippen molar-refractivity contribution < 1.29 is 23.9 Å². The fraction of sp³-hybridized carbons (Fsp3) is 0.474. The van der Waals surface area contributed by atoms with Crippen LogP contribution in [-0.4, -0.2) is 47.8 Å². The second-order valence-electron chi connectivity index (χ2n) is 6.97. The van der Waals surface area contributed by atoms with E-state index in [2.05, 4.69) is 5.32 Å². The Kier molecular flexibility index (Phi) is 5.79.